The van der Waals surface area contributed by atoms with Crippen molar-refractivity contribution in [2.24, 2.45) is 0 Å². The van der Waals surface area contributed by atoms with E-state index in [1.807, 2.05) is 18.2 Å². The van der Waals surface area contributed by atoms with E-state index in [9.17, 15) is 10.1 Å². The number of aryl methyl sites for hydroxylation is 1. The molecule has 4 aromatic rings. The lowest BCUT2D eigenvalue weighted by atomic mass is 10.0. The summed E-state index contributed by atoms with van der Waals surface area (Å²) in [5.74, 6) is 0.945. The number of fused-ring (bicyclic) bond motifs is 4. The molecule has 0 amide bonds. The van der Waals surface area contributed by atoms with Crippen molar-refractivity contribution in [2.45, 2.75) is 31.6 Å². The van der Waals surface area contributed by atoms with Crippen molar-refractivity contribution >= 4 is 33.6 Å². The van der Waals surface area contributed by atoms with Gasteiger partial charge in [-0.2, -0.15) is 5.26 Å². The normalized spacial score (nSPS) is 13.6. The molecule has 3 heterocycles. The Kier molecular flexibility index (Phi) is 3.99. The van der Waals surface area contributed by atoms with E-state index < -0.39 is 0 Å². The fourth-order valence-electron chi connectivity index (χ4n) is 4.08. The first-order chi connectivity index (χ1) is 13.7. The molecule has 0 bridgehead atoms. The van der Waals surface area contributed by atoms with Crippen LogP contribution in [0, 0.1) is 11.3 Å². The standard InChI is InChI=1S/C22H18N4OS/c1-2-25-18-7-4-3-6-15(18)16-12-14(8-9-19(16)25)20-17(13-23)21(27)26-10-5-11-28-22(26)24-20/h3-4,6-9,12H,2,5,10-11H2,1H3. The molecule has 0 aliphatic carbocycles. The van der Waals surface area contributed by atoms with E-state index in [0.29, 0.717) is 17.4 Å². The molecule has 5 rings (SSSR count). The molecule has 0 atom stereocenters. The quantitative estimate of drug-likeness (QED) is 0.479. The zero-order chi connectivity index (χ0) is 19.3. The summed E-state index contributed by atoms with van der Waals surface area (Å²) in [6, 6.07) is 16.5. The summed E-state index contributed by atoms with van der Waals surface area (Å²) in [4.78, 5) is 17.6. The molecule has 0 radical (unpaired) electrons. The first-order valence-corrected chi connectivity index (χ1v) is 10.4. The maximum atomic E-state index is 12.8. The van der Waals surface area contributed by atoms with Gasteiger partial charge in [-0.25, -0.2) is 4.98 Å². The van der Waals surface area contributed by atoms with Gasteiger partial charge in [-0.15, -0.1) is 0 Å². The van der Waals surface area contributed by atoms with Crippen LogP contribution in [0.2, 0.25) is 0 Å². The van der Waals surface area contributed by atoms with Gasteiger partial charge >= 0.3 is 0 Å². The fourth-order valence-corrected chi connectivity index (χ4v) is 5.02. The number of rotatable bonds is 2. The number of hydrogen-bond acceptors (Lipinski definition) is 4. The lowest BCUT2D eigenvalue weighted by Gasteiger charge is -2.18. The Hall–Kier alpha value is -3.04. The van der Waals surface area contributed by atoms with Crippen LogP contribution in [0.4, 0.5) is 0 Å². The van der Waals surface area contributed by atoms with Crippen LogP contribution in [-0.4, -0.2) is 19.9 Å². The van der Waals surface area contributed by atoms with Gasteiger partial charge in [-0.1, -0.05) is 36.0 Å². The number of hydrogen-bond donors (Lipinski definition) is 0. The zero-order valence-corrected chi connectivity index (χ0v) is 16.3. The minimum atomic E-state index is -0.231. The maximum Gasteiger partial charge on any atom is 0.272 e. The Morgan fingerprint density at radius 1 is 1.18 bits per heavy atom. The summed E-state index contributed by atoms with van der Waals surface area (Å²) in [6.45, 7) is 3.64. The second-order valence-corrected chi connectivity index (χ2v) is 7.94. The van der Waals surface area contributed by atoms with Gasteiger partial charge in [0.1, 0.15) is 11.6 Å². The van der Waals surface area contributed by atoms with Crippen LogP contribution in [0.1, 0.15) is 18.9 Å². The number of para-hydroxylation sites is 1. The highest BCUT2D eigenvalue weighted by Crippen LogP contribution is 2.33. The van der Waals surface area contributed by atoms with E-state index in [4.69, 9.17) is 4.98 Å². The molecule has 138 valence electrons. The molecule has 0 saturated carbocycles. The molecule has 2 aromatic heterocycles. The van der Waals surface area contributed by atoms with Gasteiger partial charge in [0.15, 0.2) is 5.16 Å². The topological polar surface area (TPSA) is 63.6 Å². The van der Waals surface area contributed by atoms with Crippen LogP contribution in [0.3, 0.4) is 0 Å². The second kappa shape index (κ2) is 6.54. The minimum Gasteiger partial charge on any atom is -0.341 e. The van der Waals surface area contributed by atoms with Crippen molar-refractivity contribution in [3.8, 4) is 17.3 Å². The molecule has 0 saturated heterocycles. The minimum absolute atomic E-state index is 0.129. The van der Waals surface area contributed by atoms with Crippen molar-refractivity contribution in [2.75, 3.05) is 5.75 Å². The largest absolute Gasteiger partial charge is 0.341 e. The summed E-state index contributed by atoms with van der Waals surface area (Å²) in [5, 5.41) is 12.7. The average molecular weight is 386 g/mol. The van der Waals surface area contributed by atoms with Gasteiger partial charge in [0, 0.05) is 46.2 Å². The maximum absolute atomic E-state index is 12.8. The van der Waals surface area contributed by atoms with E-state index in [1.54, 1.807) is 16.3 Å². The first-order valence-electron chi connectivity index (χ1n) is 9.42. The van der Waals surface area contributed by atoms with Gasteiger partial charge in [0.2, 0.25) is 0 Å². The van der Waals surface area contributed by atoms with Crippen LogP contribution >= 0.6 is 11.8 Å². The SMILES string of the molecule is CCn1c2ccccc2c2cc(-c3nc4n(c(=O)c3C#N)CCCS4)ccc21. The molecule has 2 aromatic carbocycles. The highest BCUT2D eigenvalue weighted by molar-refractivity contribution is 7.99. The lowest BCUT2D eigenvalue weighted by Crippen LogP contribution is -2.28. The molecule has 1 aliphatic rings. The summed E-state index contributed by atoms with van der Waals surface area (Å²) in [7, 11) is 0. The molecule has 0 spiro atoms. The zero-order valence-electron chi connectivity index (χ0n) is 15.5. The Morgan fingerprint density at radius 3 is 2.82 bits per heavy atom. The van der Waals surface area contributed by atoms with E-state index in [0.717, 1.165) is 35.2 Å². The van der Waals surface area contributed by atoms with Crippen molar-refractivity contribution in [1.29, 1.82) is 5.26 Å². The molecule has 0 unspecified atom stereocenters. The van der Waals surface area contributed by atoms with Crippen molar-refractivity contribution < 1.29 is 0 Å². The third kappa shape index (κ3) is 2.40. The highest BCUT2D eigenvalue weighted by atomic mass is 32.2. The lowest BCUT2D eigenvalue weighted by molar-refractivity contribution is 0.562. The van der Waals surface area contributed by atoms with Gasteiger partial charge in [-0.05, 0) is 31.5 Å². The van der Waals surface area contributed by atoms with Crippen molar-refractivity contribution in [1.82, 2.24) is 14.1 Å². The van der Waals surface area contributed by atoms with Crippen LogP contribution in [0.25, 0.3) is 33.1 Å². The number of thioether (sulfide) groups is 1. The van der Waals surface area contributed by atoms with Gasteiger partial charge in [0.05, 0.1) is 5.69 Å². The average Bonchev–Trinajstić information content (AvgIpc) is 3.06. The molecule has 0 N–H and O–H groups in total. The van der Waals surface area contributed by atoms with Crippen LogP contribution in [-0.2, 0) is 13.1 Å². The predicted octanol–water partition coefficient (Wildman–Crippen LogP) is 4.41. The Morgan fingerprint density at radius 2 is 2.00 bits per heavy atom. The third-order valence-electron chi connectivity index (χ3n) is 5.37. The highest BCUT2D eigenvalue weighted by Gasteiger charge is 2.21. The third-order valence-corrected chi connectivity index (χ3v) is 6.43. The van der Waals surface area contributed by atoms with Crippen molar-refractivity contribution in [3.63, 3.8) is 0 Å². The van der Waals surface area contributed by atoms with Crippen LogP contribution < -0.4 is 5.56 Å². The smallest absolute Gasteiger partial charge is 0.272 e. The molecule has 0 fully saturated rings. The predicted molar refractivity (Wildman–Crippen MR) is 113 cm³/mol. The van der Waals surface area contributed by atoms with E-state index >= 15 is 0 Å². The molecule has 1 aliphatic heterocycles. The molecular weight excluding hydrogens is 368 g/mol. The van der Waals surface area contributed by atoms with Gasteiger partial charge in [0.25, 0.3) is 5.56 Å². The number of aromatic nitrogens is 3. The van der Waals surface area contributed by atoms with E-state index in [-0.39, 0.29) is 11.1 Å². The number of nitriles is 1. The van der Waals surface area contributed by atoms with Gasteiger partial charge < -0.3 is 4.57 Å². The Bertz CT molecular complexity index is 1340. The Balaban J connectivity index is 1.81. The second-order valence-electron chi connectivity index (χ2n) is 6.88. The summed E-state index contributed by atoms with van der Waals surface area (Å²) in [6.07, 6.45) is 0.923. The number of nitrogens with zero attached hydrogens (tertiary/aromatic N) is 4. The molecule has 5 nitrogen and oxygen atoms in total. The molecule has 6 heteroatoms. The van der Waals surface area contributed by atoms with Gasteiger partial charge in [-0.3, -0.25) is 9.36 Å². The van der Waals surface area contributed by atoms with Crippen LogP contribution in [0.5, 0.6) is 0 Å². The summed E-state index contributed by atoms with van der Waals surface area (Å²) >= 11 is 1.58. The number of benzene rings is 2. The van der Waals surface area contributed by atoms with Crippen LogP contribution in [0.15, 0.2) is 52.4 Å². The monoisotopic (exact) mass is 386 g/mol. The summed E-state index contributed by atoms with van der Waals surface area (Å²) < 4.78 is 3.92. The summed E-state index contributed by atoms with van der Waals surface area (Å²) in [5.41, 5.74) is 3.54. The van der Waals surface area contributed by atoms with E-state index in [1.165, 1.54) is 10.9 Å². The molecular formula is C22H18N4OS. The fraction of sp³-hybridized carbons (Fsp3) is 0.227. The Labute approximate surface area is 166 Å². The van der Waals surface area contributed by atoms with E-state index in [2.05, 4.69) is 41.8 Å². The van der Waals surface area contributed by atoms with Crippen molar-refractivity contribution in [3.05, 3.63) is 58.4 Å². The molecule has 28 heavy (non-hydrogen) atoms. The first kappa shape index (κ1) is 17.1.